The lowest BCUT2D eigenvalue weighted by atomic mass is 9.97. The molecule has 0 radical (unpaired) electrons. The third kappa shape index (κ3) is 4.90. The van der Waals surface area contributed by atoms with Gasteiger partial charge in [0.1, 0.15) is 0 Å². The van der Waals surface area contributed by atoms with Gasteiger partial charge in [0.2, 0.25) is 0 Å². The second kappa shape index (κ2) is 7.58. The molecule has 0 heterocycles. The highest BCUT2D eigenvalue weighted by atomic mass is 35.5. The maximum atomic E-state index is 10.8. The number of aliphatic hydroxyl groups excluding tert-OH is 1. The molecule has 6 heteroatoms. The van der Waals surface area contributed by atoms with E-state index in [-0.39, 0.29) is 0 Å². The van der Waals surface area contributed by atoms with Gasteiger partial charge in [-0.1, -0.05) is 49.0 Å². The zero-order valence-corrected chi connectivity index (χ0v) is 12.1. The number of carboxylic acid groups (broad SMARTS) is 1. The fourth-order valence-electron chi connectivity index (χ4n) is 1.85. The van der Waals surface area contributed by atoms with Crippen molar-refractivity contribution in [2.45, 2.75) is 38.3 Å². The number of unbranched alkanes of at least 4 members (excludes halogenated alkanes) is 1. The third-order valence-corrected chi connectivity index (χ3v) is 3.38. The van der Waals surface area contributed by atoms with Gasteiger partial charge in [0.05, 0.1) is 12.1 Å². The van der Waals surface area contributed by atoms with Crippen LogP contribution < -0.4 is 5.32 Å². The van der Waals surface area contributed by atoms with Gasteiger partial charge in [0.15, 0.2) is 0 Å². The van der Waals surface area contributed by atoms with E-state index in [2.05, 4.69) is 5.32 Å². The normalized spacial score (nSPS) is 13.9. The maximum absolute atomic E-state index is 10.8. The number of nitrogens with one attached hydrogen (secondary N) is 1. The number of hydrogen-bond donors (Lipinski definition) is 3. The highest BCUT2D eigenvalue weighted by Crippen LogP contribution is 2.29. The Kier molecular flexibility index (Phi) is 6.42. The van der Waals surface area contributed by atoms with Crippen molar-refractivity contribution in [2.75, 3.05) is 0 Å². The summed E-state index contributed by atoms with van der Waals surface area (Å²) in [6.45, 7) is 2.00. The second-order valence-corrected chi connectivity index (χ2v) is 5.15. The second-order valence-electron chi connectivity index (χ2n) is 4.30. The van der Waals surface area contributed by atoms with Crippen LogP contribution in [-0.2, 0) is 0 Å². The predicted molar refractivity (Wildman–Crippen MR) is 75.9 cm³/mol. The first-order valence-corrected chi connectivity index (χ1v) is 6.83. The number of benzene rings is 1. The zero-order valence-electron chi connectivity index (χ0n) is 10.6. The van der Waals surface area contributed by atoms with Crippen LogP contribution in [0.25, 0.3) is 0 Å². The van der Waals surface area contributed by atoms with Crippen molar-refractivity contribution in [1.82, 2.24) is 5.32 Å². The predicted octanol–water partition coefficient (Wildman–Crippen LogP) is 3.85. The Hall–Kier alpha value is -0.970. The van der Waals surface area contributed by atoms with Crippen molar-refractivity contribution in [1.29, 1.82) is 0 Å². The summed E-state index contributed by atoms with van der Waals surface area (Å²) in [6.07, 6.45) is 0.205. The van der Waals surface area contributed by atoms with Gasteiger partial charge in [-0.15, -0.1) is 0 Å². The molecule has 0 spiro atoms. The molecule has 1 aromatic rings. The minimum absolute atomic E-state index is 0.335. The van der Waals surface area contributed by atoms with Gasteiger partial charge in [-0.05, 0) is 24.1 Å². The molecular weight excluding hydrogens is 289 g/mol. The van der Waals surface area contributed by atoms with E-state index in [1.807, 2.05) is 6.92 Å². The van der Waals surface area contributed by atoms with E-state index in [9.17, 15) is 9.90 Å². The number of halogens is 2. The maximum Gasteiger partial charge on any atom is 0.405 e. The van der Waals surface area contributed by atoms with Crippen molar-refractivity contribution in [3.05, 3.63) is 33.8 Å². The molecule has 0 fully saturated rings. The molecule has 0 bridgehead atoms. The molecule has 0 aliphatic rings. The first-order chi connectivity index (χ1) is 8.95. The van der Waals surface area contributed by atoms with Crippen molar-refractivity contribution in [2.24, 2.45) is 0 Å². The first kappa shape index (κ1) is 16.1. The van der Waals surface area contributed by atoms with Gasteiger partial charge in [-0.3, -0.25) is 0 Å². The van der Waals surface area contributed by atoms with Crippen LogP contribution in [0.4, 0.5) is 4.79 Å². The summed E-state index contributed by atoms with van der Waals surface area (Å²) in [5.74, 6) is 0. The SMILES string of the molecule is CCCC[C@@H](O)[C@H](NC(=O)O)c1ccc(Cl)cc1Cl. The van der Waals surface area contributed by atoms with Crippen molar-refractivity contribution in [3.8, 4) is 0 Å². The summed E-state index contributed by atoms with van der Waals surface area (Å²) in [4.78, 5) is 10.8. The van der Waals surface area contributed by atoms with Gasteiger partial charge in [-0.2, -0.15) is 0 Å². The van der Waals surface area contributed by atoms with Crippen LogP contribution in [-0.4, -0.2) is 22.4 Å². The lowest BCUT2D eigenvalue weighted by Gasteiger charge is -2.24. The summed E-state index contributed by atoms with van der Waals surface area (Å²) in [7, 11) is 0. The van der Waals surface area contributed by atoms with E-state index >= 15 is 0 Å². The van der Waals surface area contributed by atoms with Crippen molar-refractivity contribution >= 4 is 29.3 Å². The molecule has 19 heavy (non-hydrogen) atoms. The molecule has 0 aliphatic heterocycles. The third-order valence-electron chi connectivity index (χ3n) is 2.81. The van der Waals surface area contributed by atoms with E-state index in [0.29, 0.717) is 22.0 Å². The molecule has 4 nitrogen and oxygen atoms in total. The number of amides is 1. The number of carbonyl (C=O) groups is 1. The fraction of sp³-hybridized carbons (Fsp3) is 0.462. The molecule has 0 aliphatic carbocycles. The summed E-state index contributed by atoms with van der Waals surface area (Å²) in [5.41, 5.74) is 0.525. The zero-order chi connectivity index (χ0) is 14.4. The Balaban J connectivity index is 2.98. The van der Waals surface area contributed by atoms with Gasteiger partial charge in [0, 0.05) is 10.0 Å². The lowest BCUT2D eigenvalue weighted by molar-refractivity contribution is 0.110. The van der Waals surface area contributed by atoms with E-state index in [4.69, 9.17) is 28.3 Å². The highest BCUT2D eigenvalue weighted by molar-refractivity contribution is 6.35. The average Bonchev–Trinajstić information content (AvgIpc) is 2.33. The van der Waals surface area contributed by atoms with Crippen LogP contribution in [0.15, 0.2) is 18.2 Å². The van der Waals surface area contributed by atoms with Crippen LogP contribution in [0.2, 0.25) is 10.0 Å². The summed E-state index contributed by atoms with van der Waals surface area (Å²) in [5, 5.41) is 22.1. The summed E-state index contributed by atoms with van der Waals surface area (Å²) >= 11 is 11.9. The molecule has 0 unspecified atom stereocenters. The van der Waals surface area contributed by atoms with Crippen LogP contribution in [0, 0.1) is 0 Å². The van der Waals surface area contributed by atoms with E-state index < -0.39 is 18.2 Å². The Morgan fingerprint density at radius 2 is 2.11 bits per heavy atom. The molecule has 1 amide bonds. The quantitative estimate of drug-likeness (QED) is 0.747. The molecule has 1 rings (SSSR count). The van der Waals surface area contributed by atoms with Crippen molar-refractivity contribution < 1.29 is 15.0 Å². The number of hydrogen-bond acceptors (Lipinski definition) is 2. The van der Waals surface area contributed by atoms with Gasteiger partial charge < -0.3 is 15.5 Å². The molecule has 2 atom stereocenters. The van der Waals surface area contributed by atoms with Gasteiger partial charge in [0.25, 0.3) is 0 Å². The monoisotopic (exact) mass is 305 g/mol. The summed E-state index contributed by atoms with van der Waals surface area (Å²) < 4.78 is 0. The minimum Gasteiger partial charge on any atom is -0.465 e. The Bertz CT molecular complexity index is 440. The molecule has 1 aromatic carbocycles. The molecule has 0 saturated carbocycles. The Labute approximate surface area is 122 Å². The standard InChI is InChI=1S/C13H17Cl2NO3/c1-2-3-4-11(17)12(16-13(18)19)9-6-5-8(14)7-10(9)15/h5-7,11-12,16-17H,2-4H2,1H3,(H,18,19)/t11-,12-/m1/s1. The molecule has 0 aromatic heterocycles. The average molecular weight is 306 g/mol. The molecule has 106 valence electrons. The lowest BCUT2D eigenvalue weighted by Crippen LogP contribution is -2.35. The smallest absolute Gasteiger partial charge is 0.405 e. The van der Waals surface area contributed by atoms with Crippen LogP contribution >= 0.6 is 23.2 Å². The van der Waals surface area contributed by atoms with Gasteiger partial charge >= 0.3 is 6.09 Å². The molecule has 3 N–H and O–H groups in total. The molecular formula is C13H17Cl2NO3. The fourth-order valence-corrected chi connectivity index (χ4v) is 2.37. The van der Waals surface area contributed by atoms with Crippen molar-refractivity contribution in [3.63, 3.8) is 0 Å². The topological polar surface area (TPSA) is 69.6 Å². The number of aliphatic hydroxyl groups is 1. The van der Waals surface area contributed by atoms with Crippen LogP contribution in [0.5, 0.6) is 0 Å². The van der Waals surface area contributed by atoms with E-state index in [0.717, 1.165) is 12.8 Å². The minimum atomic E-state index is -1.20. The van der Waals surface area contributed by atoms with Gasteiger partial charge in [-0.25, -0.2) is 4.79 Å². The van der Waals surface area contributed by atoms with E-state index in [1.165, 1.54) is 6.07 Å². The largest absolute Gasteiger partial charge is 0.465 e. The van der Waals surface area contributed by atoms with Crippen LogP contribution in [0.1, 0.15) is 37.8 Å². The Morgan fingerprint density at radius 1 is 1.42 bits per heavy atom. The van der Waals surface area contributed by atoms with Crippen LogP contribution in [0.3, 0.4) is 0 Å². The molecule has 0 saturated heterocycles. The summed E-state index contributed by atoms with van der Waals surface area (Å²) in [6, 6.07) is 4.02. The Morgan fingerprint density at radius 3 is 2.63 bits per heavy atom. The highest BCUT2D eigenvalue weighted by Gasteiger charge is 2.24. The van der Waals surface area contributed by atoms with E-state index in [1.54, 1.807) is 12.1 Å². The number of rotatable bonds is 6. The first-order valence-electron chi connectivity index (χ1n) is 6.08.